The molecule has 1 saturated carbocycles. The van der Waals surface area contributed by atoms with Crippen molar-refractivity contribution in [3.05, 3.63) is 41.6 Å². The molecule has 2 aliphatic heterocycles. The molecule has 10 heteroatoms. The lowest BCUT2D eigenvalue weighted by molar-refractivity contribution is -0.121. The number of piperidine rings is 1. The van der Waals surface area contributed by atoms with Crippen LogP contribution in [-0.4, -0.2) is 62.1 Å². The third-order valence-corrected chi connectivity index (χ3v) is 9.23. The summed E-state index contributed by atoms with van der Waals surface area (Å²) in [6.07, 6.45) is 8.50. The number of likely N-dealkylation sites (tertiary alicyclic amines) is 1. The first-order chi connectivity index (χ1) is 20.9. The molecule has 2 amide bonds. The SMILES string of the molecule is COc1cc(C(=O)N2CCC[C@@H](N)C2)cc2nc(-c3cc4ccc5nc4n3CCCCCCC(=O)N[C@@H]5C)n(C3CC3)c12. The lowest BCUT2D eigenvalue weighted by Crippen LogP contribution is -2.45. The Labute approximate surface area is 251 Å². The first-order valence-corrected chi connectivity index (χ1v) is 15.9. The fraction of sp³-hybridized carbons (Fsp3) is 0.515. The molecule has 10 nitrogen and oxygen atoms in total. The van der Waals surface area contributed by atoms with Crippen molar-refractivity contribution in [1.29, 1.82) is 0 Å². The zero-order valence-electron chi connectivity index (χ0n) is 25.1. The normalized spacial score (nSPS) is 21.8. The number of carbonyl (C=O) groups excluding carboxylic acids is 2. The minimum atomic E-state index is -0.171. The molecule has 0 unspecified atom stereocenters. The van der Waals surface area contributed by atoms with Crippen LogP contribution in [0.3, 0.4) is 0 Å². The molecule has 7 rings (SSSR count). The largest absolute Gasteiger partial charge is 0.494 e. The van der Waals surface area contributed by atoms with Crippen molar-refractivity contribution < 1.29 is 14.3 Å². The summed E-state index contributed by atoms with van der Waals surface area (Å²) in [5.41, 5.74) is 11.3. The van der Waals surface area contributed by atoms with Crippen molar-refractivity contribution in [3.63, 3.8) is 0 Å². The maximum Gasteiger partial charge on any atom is 0.254 e. The Balaban J connectivity index is 1.37. The van der Waals surface area contributed by atoms with Crippen molar-refractivity contribution in [3.8, 4) is 17.3 Å². The van der Waals surface area contributed by atoms with E-state index in [9.17, 15) is 9.59 Å². The van der Waals surface area contributed by atoms with Gasteiger partial charge in [-0.2, -0.15) is 0 Å². The van der Waals surface area contributed by atoms with Crippen molar-refractivity contribution in [2.75, 3.05) is 20.2 Å². The molecule has 0 radical (unpaired) electrons. The van der Waals surface area contributed by atoms with Crippen LogP contribution >= 0.6 is 0 Å². The number of pyridine rings is 1. The highest BCUT2D eigenvalue weighted by atomic mass is 16.5. The number of fused-ring (bicyclic) bond motifs is 2. The molecule has 226 valence electrons. The van der Waals surface area contributed by atoms with E-state index < -0.39 is 0 Å². The molecule has 3 N–H and O–H groups in total. The molecule has 4 aromatic rings. The highest BCUT2D eigenvalue weighted by Gasteiger charge is 2.33. The number of rotatable bonds is 4. The molecule has 2 fully saturated rings. The third-order valence-electron chi connectivity index (χ3n) is 9.23. The fourth-order valence-electron chi connectivity index (χ4n) is 6.81. The number of aryl methyl sites for hydroxylation is 1. The number of ether oxygens (including phenoxy) is 1. The number of hydrogen-bond donors (Lipinski definition) is 2. The van der Waals surface area contributed by atoms with Crippen molar-refractivity contribution in [2.45, 2.75) is 89.4 Å². The molecule has 0 spiro atoms. The van der Waals surface area contributed by atoms with Gasteiger partial charge in [0, 0.05) is 49.1 Å². The zero-order chi connectivity index (χ0) is 29.7. The second kappa shape index (κ2) is 11.3. The number of carbonyl (C=O) groups is 2. The zero-order valence-corrected chi connectivity index (χ0v) is 25.1. The Morgan fingerprint density at radius 1 is 1.02 bits per heavy atom. The molecule has 43 heavy (non-hydrogen) atoms. The maximum absolute atomic E-state index is 13.6. The van der Waals surface area contributed by atoms with E-state index in [4.69, 9.17) is 20.4 Å². The van der Waals surface area contributed by atoms with E-state index in [0.29, 0.717) is 36.9 Å². The Morgan fingerprint density at radius 3 is 2.65 bits per heavy atom. The minimum Gasteiger partial charge on any atom is -0.494 e. The van der Waals surface area contributed by atoms with Gasteiger partial charge < -0.3 is 29.8 Å². The van der Waals surface area contributed by atoms with Crippen LogP contribution in [0.25, 0.3) is 33.6 Å². The molecule has 5 heterocycles. The molecule has 1 aromatic carbocycles. The highest BCUT2D eigenvalue weighted by Crippen LogP contribution is 2.45. The van der Waals surface area contributed by atoms with Crippen LogP contribution in [0.2, 0.25) is 0 Å². The molecule has 3 aromatic heterocycles. The van der Waals surface area contributed by atoms with Gasteiger partial charge in [0.15, 0.2) is 5.82 Å². The molecule has 1 aliphatic carbocycles. The number of imidazole rings is 1. The molecule has 3 aliphatic rings. The van der Waals surface area contributed by atoms with Crippen LogP contribution in [0.4, 0.5) is 0 Å². The van der Waals surface area contributed by atoms with Crippen LogP contribution in [0.5, 0.6) is 5.75 Å². The van der Waals surface area contributed by atoms with Gasteiger partial charge in [-0.05, 0) is 75.8 Å². The number of nitrogens with zero attached hydrogens (tertiary/aromatic N) is 5. The van der Waals surface area contributed by atoms with E-state index in [2.05, 4.69) is 26.6 Å². The standard InChI is InChI=1S/C33H41N7O3/c1-20-25-13-10-21-17-27(39(31(21)36-25)15-6-4-3-5-9-29(41)35-20)32-37-26-16-22(33(42)38-14-7-8-23(34)19-38)18-28(43-2)30(26)40(32)24-11-12-24/h10,13,16-18,20,23-24H,3-9,11-12,14-15,19,34H2,1-2H3,(H,35,41)/t20-,23-/m1/s1. The predicted molar refractivity (Wildman–Crippen MR) is 166 cm³/mol. The average molecular weight is 584 g/mol. The van der Waals surface area contributed by atoms with E-state index in [0.717, 1.165) is 97.2 Å². The number of aromatic nitrogens is 4. The lowest BCUT2D eigenvalue weighted by atomic mass is 10.0. The highest BCUT2D eigenvalue weighted by molar-refractivity contribution is 6.00. The molecular formula is C33H41N7O3. The van der Waals surface area contributed by atoms with Gasteiger partial charge in [-0.1, -0.05) is 12.8 Å². The first-order valence-electron chi connectivity index (χ1n) is 15.9. The van der Waals surface area contributed by atoms with E-state index in [-0.39, 0.29) is 23.9 Å². The summed E-state index contributed by atoms with van der Waals surface area (Å²) in [5, 5.41) is 4.17. The predicted octanol–water partition coefficient (Wildman–Crippen LogP) is 5.10. The Hall–Kier alpha value is -3.92. The topological polar surface area (TPSA) is 120 Å². The first kappa shape index (κ1) is 27.9. The van der Waals surface area contributed by atoms with E-state index >= 15 is 0 Å². The Bertz CT molecular complexity index is 1700. The van der Waals surface area contributed by atoms with Gasteiger partial charge in [0.2, 0.25) is 5.91 Å². The average Bonchev–Trinajstić information content (AvgIpc) is 3.67. The molecular weight excluding hydrogens is 542 g/mol. The van der Waals surface area contributed by atoms with Gasteiger partial charge in [0.05, 0.1) is 30.1 Å². The van der Waals surface area contributed by atoms with Gasteiger partial charge in [-0.15, -0.1) is 0 Å². The minimum absolute atomic E-state index is 0.0118. The second-order valence-corrected chi connectivity index (χ2v) is 12.5. The number of amides is 2. The number of nitrogens with one attached hydrogen (secondary N) is 1. The summed E-state index contributed by atoms with van der Waals surface area (Å²) < 4.78 is 10.6. The molecule has 1 saturated heterocycles. The van der Waals surface area contributed by atoms with Gasteiger partial charge in [-0.3, -0.25) is 9.59 Å². The number of hydrogen-bond acceptors (Lipinski definition) is 6. The van der Waals surface area contributed by atoms with Crippen LogP contribution < -0.4 is 15.8 Å². The van der Waals surface area contributed by atoms with Crippen LogP contribution in [0, 0.1) is 0 Å². The quantitative estimate of drug-likeness (QED) is 0.345. The van der Waals surface area contributed by atoms with Crippen LogP contribution in [0.15, 0.2) is 30.3 Å². The summed E-state index contributed by atoms with van der Waals surface area (Å²) in [5.74, 6) is 1.60. The number of benzene rings is 1. The molecule has 2 bridgehead atoms. The van der Waals surface area contributed by atoms with Gasteiger partial charge in [0.1, 0.15) is 16.9 Å². The number of nitrogens with two attached hydrogens (primary N) is 1. The lowest BCUT2D eigenvalue weighted by Gasteiger charge is -2.30. The third kappa shape index (κ3) is 5.26. The summed E-state index contributed by atoms with van der Waals surface area (Å²) in [6, 6.07) is 10.3. The second-order valence-electron chi connectivity index (χ2n) is 12.5. The Morgan fingerprint density at radius 2 is 1.86 bits per heavy atom. The summed E-state index contributed by atoms with van der Waals surface area (Å²) in [7, 11) is 1.67. The maximum atomic E-state index is 13.6. The summed E-state index contributed by atoms with van der Waals surface area (Å²) in [6.45, 7) is 4.09. The summed E-state index contributed by atoms with van der Waals surface area (Å²) >= 11 is 0. The van der Waals surface area contributed by atoms with Gasteiger partial charge in [-0.25, -0.2) is 9.97 Å². The Kier molecular flexibility index (Phi) is 7.33. The molecule has 2 atom stereocenters. The van der Waals surface area contributed by atoms with Crippen molar-refractivity contribution in [2.24, 2.45) is 5.73 Å². The smallest absolute Gasteiger partial charge is 0.254 e. The number of methoxy groups -OCH3 is 1. The van der Waals surface area contributed by atoms with Crippen LogP contribution in [-0.2, 0) is 11.3 Å². The van der Waals surface area contributed by atoms with Gasteiger partial charge >= 0.3 is 0 Å². The van der Waals surface area contributed by atoms with E-state index in [1.165, 1.54) is 0 Å². The van der Waals surface area contributed by atoms with Gasteiger partial charge in [0.25, 0.3) is 5.91 Å². The van der Waals surface area contributed by atoms with E-state index in [1.54, 1.807) is 7.11 Å². The van der Waals surface area contributed by atoms with Crippen molar-refractivity contribution in [1.82, 2.24) is 29.3 Å². The van der Waals surface area contributed by atoms with Crippen LogP contribution in [0.1, 0.15) is 92.8 Å². The van der Waals surface area contributed by atoms with E-state index in [1.807, 2.05) is 30.0 Å². The summed E-state index contributed by atoms with van der Waals surface area (Å²) in [4.78, 5) is 38.2. The fourth-order valence-corrected chi connectivity index (χ4v) is 6.81. The van der Waals surface area contributed by atoms with Crippen molar-refractivity contribution >= 4 is 33.9 Å². The monoisotopic (exact) mass is 583 g/mol.